The van der Waals surface area contributed by atoms with Crippen molar-refractivity contribution in [2.24, 2.45) is 0 Å². The molecule has 2 rings (SSSR count). The van der Waals surface area contributed by atoms with Crippen molar-refractivity contribution in [2.75, 3.05) is 11.9 Å². The average Bonchev–Trinajstić information content (AvgIpc) is 2.15. The lowest BCUT2D eigenvalue weighted by Crippen LogP contribution is -2.28. The van der Waals surface area contributed by atoms with E-state index < -0.39 is 11.7 Å². The topological polar surface area (TPSA) is 21.3 Å². The molecule has 5 heteroatoms. The molecule has 1 heterocycles. The fourth-order valence-electron chi connectivity index (χ4n) is 1.47. The van der Waals surface area contributed by atoms with E-state index in [2.05, 4.69) is 5.32 Å². The molecule has 0 spiro atoms. The summed E-state index contributed by atoms with van der Waals surface area (Å²) in [5.74, 6) is 0.473. The largest absolute Gasteiger partial charge is 0.489 e. The Bertz CT molecular complexity index is 375. The summed E-state index contributed by atoms with van der Waals surface area (Å²) in [7, 11) is 0. The Labute approximate surface area is 85.0 Å². The highest BCUT2D eigenvalue weighted by molar-refractivity contribution is 5.60. The molecular weight excluding hydrogens is 207 g/mol. The third kappa shape index (κ3) is 2.00. The zero-order chi connectivity index (χ0) is 11.1. The lowest BCUT2D eigenvalue weighted by molar-refractivity contribution is -0.137. The number of nitrogens with one attached hydrogen (secondary N) is 1. The third-order valence-electron chi connectivity index (χ3n) is 2.20. The Kier molecular flexibility index (Phi) is 2.25. The van der Waals surface area contributed by atoms with E-state index in [-0.39, 0.29) is 6.04 Å². The van der Waals surface area contributed by atoms with Gasteiger partial charge in [0.1, 0.15) is 12.4 Å². The molecule has 0 radical (unpaired) electrons. The number of alkyl halides is 3. The highest BCUT2D eigenvalue weighted by atomic mass is 19.4. The lowest BCUT2D eigenvalue weighted by Gasteiger charge is -2.25. The molecule has 0 saturated heterocycles. The maximum Gasteiger partial charge on any atom is 0.416 e. The fourth-order valence-corrected chi connectivity index (χ4v) is 1.47. The first kappa shape index (κ1) is 10.1. The molecule has 0 fully saturated rings. The van der Waals surface area contributed by atoms with Crippen molar-refractivity contribution in [1.29, 1.82) is 0 Å². The SMILES string of the molecule is CC1COc2ccc(C(F)(F)F)cc2N1. The molecule has 1 N–H and O–H groups in total. The van der Waals surface area contributed by atoms with Crippen LogP contribution in [0.2, 0.25) is 0 Å². The van der Waals surface area contributed by atoms with E-state index in [0.717, 1.165) is 12.1 Å². The van der Waals surface area contributed by atoms with Crippen molar-refractivity contribution in [3.63, 3.8) is 0 Å². The minimum absolute atomic E-state index is 0.0287. The van der Waals surface area contributed by atoms with Crippen LogP contribution in [0.4, 0.5) is 18.9 Å². The van der Waals surface area contributed by atoms with Crippen molar-refractivity contribution in [3.05, 3.63) is 23.8 Å². The molecule has 0 saturated carbocycles. The summed E-state index contributed by atoms with van der Waals surface area (Å²) < 4.78 is 42.4. The van der Waals surface area contributed by atoms with Crippen LogP contribution in [-0.2, 0) is 6.18 Å². The summed E-state index contributed by atoms with van der Waals surface area (Å²) in [6.07, 6.45) is -4.31. The van der Waals surface area contributed by atoms with Gasteiger partial charge in [-0.3, -0.25) is 0 Å². The minimum atomic E-state index is -4.31. The van der Waals surface area contributed by atoms with Gasteiger partial charge in [0.05, 0.1) is 17.3 Å². The van der Waals surface area contributed by atoms with Gasteiger partial charge in [0.2, 0.25) is 0 Å². The third-order valence-corrected chi connectivity index (χ3v) is 2.20. The van der Waals surface area contributed by atoms with E-state index >= 15 is 0 Å². The predicted octanol–water partition coefficient (Wildman–Crippen LogP) is 2.90. The fraction of sp³-hybridized carbons (Fsp3) is 0.400. The van der Waals surface area contributed by atoms with Crippen molar-refractivity contribution in [2.45, 2.75) is 19.1 Å². The second kappa shape index (κ2) is 3.32. The molecule has 2 nitrogen and oxygen atoms in total. The Morgan fingerprint density at radius 2 is 2.13 bits per heavy atom. The van der Waals surface area contributed by atoms with Gasteiger partial charge in [-0.1, -0.05) is 0 Å². The van der Waals surface area contributed by atoms with Crippen molar-refractivity contribution in [1.82, 2.24) is 0 Å². The molecule has 82 valence electrons. The van der Waals surface area contributed by atoms with Crippen LogP contribution in [-0.4, -0.2) is 12.6 Å². The summed E-state index contributed by atoms with van der Waals surface area (Å²) in [4.78, 5) is 0. The van der Waals surface area contributed by atoms with Gasteiger partial charge in [-0.25, -0.2) is 0 Å². The second-order valence-corrected chi connectivity index (χ2v) is 3.57. The number of ether oxygens (including phenoxy) is 1. The molecule has 1 aromatic carbocycles. The molecule has 0 bridgehead atoms. The summed E-state index contributed by atoms with van der Waals surface area (Å²) in [5, 5.41) is 2.95. The van der Waals surface area contributed by atoms with E-state index in [0.29, 0.717) is 18.0 Å². The Morgan fingerprint density at radius 1 is 1.40 bits per heavy atom. The lowest BCUT2D eigenvalue weighted by atomic mass is 10.1. The van der Waals surface area contributed by atoms with Gasteiger partial charge >= 0.3 is 6.18 Å². The first-order chi connectivity index (χ1) is 6.97. The van der Waals surface area contributed by atoms with Gasteiger partial charge in [0.15, 0.2) is 0 Å². The highest BCUT2D eigenvalue weighted by Crippen LogP contribution is 2.36. The highest BCUT2D eigenvalue weighted by Gasteiger charge is 2.31. The molecular formula is C10H10F3NO. The number of rotatable bonds is 0. The molecule has 1 aromatic rings. The van der Waals surface area contributed by atoms with Crippen LogP contribution in [0.3, 0.4) is 0 Å². The van der Waals surface area contributed by atoms with Crippen molar-refractivity contribution in [3.8, 4) is 5.75 Å². The van der Waals surface area contributed by atoms with Crippen LogP contribution in [0.15, 0.2) is 18.2 Å². The van der Waals surface area contributed by atoms with E-state index in [1.165, 1.54) is 6.07 Å². The first-order valence-corrected chi connectivity index (χ1v) is 4.57. The molecule has 0 aliphatic carbocycles. The van der Waals surface area contributed by atoms with Gasteiger partial charge < -0.3 is 10.1 Å². The maximum absolute atomic E-state index is 12.4. The van der Waals surface area contributed by atoms with Crippen LogP contribution in [0.5, 0.6) is 5.75 Å². The standard InChI is InChI=1S/C10H10F3NO/c1-6-5-15-9-3-2-7(10(11,12)13)4-8(9)14-6/h2-4,6,14H,5H2,1H3. The monoisotopic (exact) mass is 217 g/mol. The van der Waals surface area contributed by atoms with Crippen LogP contribution >= 0.6 is 0 Å². The smallest absolute Gasteiger partial charge is 0.416 e. The molecule has 1 atom stereocenters. The number of fused-ring (bicyclic) bond motifs is 1. The summed E-state index contributed by atoms with van der Waals surface area (Å²) in [5.41, 5.74) is -0.255. The van der Waals surface area contributed by atoms with E-state index in [1.54, 1.807) is 0 Å². The molecule has 15 heavy (non-hydrogen) atoms. The van der Waals surface area contributed by atoms with Crippen LogP contribution in [0.1, 0.15) is 12.5 Å². The second-order valence-electron chi connectivity index (χ2n) is 3.57. The van der Waals surface area contributed by atoms with Gasteiger partial charge in [-0.05, 0) is 25.1 Å². The number of anilines is 1. The normalized spacial score (nSPS) is 20.1. The average molecular weight is 217 g/mol. The van der Waals surface area contributed by atoms with E-state index in [4.69, 9.17) is 4.74 Å². The van der Waals surface area contributed by atoms with Gasteiger partial charge in [-0.2, -0.15) is 13.2 Å². The van der Waals surface area contributed by atoms with E-state index in [9.17, 15) is 13.2 Å². The molecule has 0 amide bonds. The van der Waals surface area contributed by atoms with Crippen molar-refractivity contribution >= 4 is 5.69 Å². The quantitative estimate of drug-likeness (QED) is 0.721. The number of hydrogen-bond acceptors (Lipinski definition) is 2. The zero-order valence-corrected chi connectivity index (χ0v) is 8.06. The predicted molar refractivity (Wildman–Crippen MR) is 50.0 cm³/mol. The molecule has 0 aromatic heterocycles. The van der Waals surface area contributed by atoms with Crippen LogP contribution < -0.4 is 10.1 Å². The Balaban J connectivity index is 2.37. The maximum atomic E-state index is 12.4. The van der Waals surface area contributed by atoms with Gasteiger partial charge in [0, 0.05) is 0 Å². The number of benzene rings is 1. The van der Waals surface area contributed by atoms with Crippen LogP contribution in [0.25, 0.3) is 0 Å². The zero-order valence-electron chi connectivity index (χ0n) is 8.06. The number of halogens is 3. The number of hydrogen-bond donors (Lipinski definition) is 1. The van der Waals surface area contributed by atoms with E-state index in [1.807, 2.05) is 6.92 Å². The summed E-state index contributed by atoms with van der Waals surface area (Å²) in [6.45, 7) is 2.32. The summed E-state index contributed by atoms with van der Waals surface area (Å²) in [6, 6.07) is 3.47. The first-order valence-electron chi connectivity index (χ1n) is 4.57. The molecule has 1 aliphatic heterocycles. The minimum Gasteiger partial charge on any atom is -0.489 e. The van der Waals surface area contributed by atoms with Crippen molar-refractivity contribution < 1.29 is 17.9 Å². The Morgan fingerprint density at radius 3 is 2.80 bits per heavy atom. The summed E-state index contributed by atoms with van der Waals surface area (Å²) >= 11 is 0. The molecule has 1 aliphatic rings. The van der Waals surface area contributed by atoms with Gasteiger partial charge in [0.25, 0.3) is 0 Å². The van der Waals surface area contributed by atoms with Crippen LogP contribution in [0, 0.1) is 0 Å². The Hall–Kier alpha value is -1.39. The molecule has 1 unspecified atom stereocenters. The van der Waals surface area contributed by atoms with Gasteiger partial charge in [-0.15, -0.1) is 0 Å².